The Bertz CT molecular complexity index is 119. The average Bonchev–Trinajstić information content (AvgIpc) is 1.87. The third-order valence-electron chi connectivity index (χ3n) is 0.885. The average molecular weight is 183 g/mol. The molecule has 2 N–H and O–H groups in total. The fraction of sp³-hybridized carbons (Fsp3) is 0.750. The Morgan fingerprint density at radius 1 is 1.60 bits per heavy atom. The van der Waals surface area contributed by atoms with E-state index in [1.54, 1.807) is 0 Å². The first-order valence-electron chi connectivity index (χ1n) is 2.60. The van der Waals surface area contributed by atoms with Gasteiger partial charge in [0.1, 0.15) is 6.10 Å². The Hall–Kier alpha value is 0.0900. The first-order valence-corrected chi connectivity index (χ1v) is 3.40. The van der Waals surface area contributed by atoms with Gasteiger partial charge in [-0.15, -0.1) is 0 Å². The third-order valence-corrected chi connectivity index (χ3v) is 1.28. The summed E-state index contributed by atoms with van der Waals surface area (Å²) < 4.78 is 0.681. The molecule has 0 aromatic heterocycles. The van der Waals surface area contributed by atoms with Gasteiger partial charge >= 0.3 is 0 Å². The number of aliphatic hydroxyl groups is 2. The second-order valence-corrected chi connectivity index (χ2v) is 2.77. The van der Waals surface area contributed by atoms with Crippen molar-refractivity contribution in [2.75, 3.05) is 6.61 Å². The SMILES string of the molecule is O=C(C(O)CCO)N(S)S. The highest BCUT2D eigenvalue weighted by atomic mass is 32.2. The Kier molecular flexibility index (Phi) is 4.88. The van der Waals surface area contributed by atoms with E-state index in [1.807, 2.05) is 0 Å². The van der Waals surface area contributed by atoms with Crippen LogP contribution in [0, 0.1) is 0 Å². The van der Waals surface area contributed by atoms with Gasteiger partial charge in [-0.3, -0.25) is 4.79 Å². The van der Waals surface area contributed by atoms with Crippen molar-refractivity contribution in [3.05, 3.63) is 0 Å². The Balaban J connectivity index is 3.71. The van der Waals surface area contributed by atoms with E-state index in [4.69, 9.17) is 10.2 Å². The quantitative estimate of drug-likeness (QED) is 0.435. The standard InChI is InChI=1S/C4H9NO3S2/c6-2-1-3(7)4(8)5(9)10/h3,6-7,9-10H,1-2H2. The maximum Gasteiger partial charge on any atom is 0.271 e. The summed E-state index contributed by atoms with van der Waals surface area (Å²) in [5, 5.41) is 17.1. The van der Waals surface area contributed by atoms with E-state index in [1.165, 1.54) is 0 Å². The van der Waals surface area contributed by atoms with E-state index in [-0.39, 0.29) is 13.0 Å². The predicted molar refractivity (Wildman–Crippen MR) is 42.5 cm³/mol. The number of carbonyl (C=O) groups excluding carboxylic acids is 1. The van der Waals surface area contributed by atoms with Crippen LogP contribution in [0.5, 0.6) is 0 Å². The van der Waals surface area contributed by atoms with E-state index in [2.05, 4.69) is 25.6 Å². The smallest absolute Gasteiger partial charge is 0.271 e. The second-order valence-electron chi connectivity index (χ2n) is 1.66. The van der Waals surface area contributed by atoms with Crippen LogP contribution < -0.4 is 0 Å². The van der Waals surface area contributed by atoms with Crippen LogP contribution in [0.1, 0.15) is 6.42 Å². The Morgan fingerprint density at radius 3 is 2.40 bits per heavy atom. The maximum atomic E-state index is 10.6. The lowest BCUT2D eigenvalue weighted by Gasteiger charge is -2.11. The van der Waals surface area contributed by atoms with Gasteiger partial charge in [0.2, 0.25) is 0 Å². The molecule has 0 aliphatic carbocycles. The molecule has 1 unspecified atom stereocenters. The maximum absolute atomic E-state index is 10.6. The molecule has 0 saturated heterocycles. The van der Waals surface area contributed by atoms with Crippen molar-refractivity contribution in [3.8, 4) is 0 Å². The van der Waals surface area contributed by atoms with E-state index < -0.39 is 12.0 Å². The molecule has 0 fully saturated rings. The molecule has 0 bridgehead atoms. The van der Waals surface area contributed by atoms with Crippen molar-refractivity contribution < 1.29 is 15.0 Å². The zero-order chi connectivity index (χ0) is 8.15. The monoisotopic (exact) mass is 183 g/mol. The molecule has 0 aliphatic rings. The zero-order valence-corrected chi connectivity index (χ0v) is 6.92. The minimum atomic E-state index is -1.21. The predicted octanol–water partition coefficient (Wildman–Crippen LogP) is -0.752. The Morgan fingerprint density at radius 2 is 2.10 bits per heavy atom. The highest BCUT2D eigenvalue weighted by Gasteiger charge is 2.16. The number of aliphatic hydroxyl groups excluding tert-OH is 2. The van der Waals surface area contributed by atoms with Crippen LogP contribution in [0.3, 0.4) is 0 Å². The van der Waals surface area contributed by atoms with Crippen LogP contribution in [0.2, 0.25) is 0 Å². The topological polar surface area (TPSA) is 60.8 Å². The summed E-state index contributed by atoms with van der Waals surface area (Å²) in [6, 6.07) is 0. The molecule has 1 atom stereocenters. The van der Waals surface area contributed by atoms with Gasteiger partial charge in [-0.25, -0.2) is 3.71 Å². The molecule has 6 heteroatoms. The first-order chi connectivity index (χ1) is 4.59. The number of carbonyl (C=O) groups is 1. The molecule has 10 heavy (non-hydrogen) atoms. The summed E-state index contributed by atoms with van der Waals surface area (Å²) in [6.07, 6.45) is -1.20. The molecule has 0 saturated carbocycles. The molecule has 1 amide bonds. The minimum absolute atomic E-state index is 0.0104. The second kappa shape index (κ2) is 4.84. The van der Waals surface area contributed by atoms with Gasteiger partial charge < -0.3 is 10.2 Å². The van der Waals surface area contributed by atoms with Crippen LogP contribution in [0.15, 0.2) is 0 Å². The number of hydrogen-bond acceptors (Lipinski definition) is 5. The van der Waals surface area contributed by atoms with Crippen molar-refractivity contribution in [1.82, 2.24) is 3.71 Å². The lowest BCUT2D eigenvalue weighted by atomic mass is 10.2. The van der Waals surface area contributed by atoms with Crippen molar-refractivity contribution in [2.45, 2.75) is 12.5 Å². The number of hydrogen-bond donors (Lipinski definition) is 4. The molecular weight excluding hydrogens is 174 g/mol. The lowest BCUT2D eigenvalue weighted by Crippen LogP contribution is -2.28. The molecule has 60 valence electrons. The number of rotatable bonds is 3. The fourth-order valence-corrected chi connectivity index (χ4v) is 0.646. The van der Waals surface area contributed by atoms with Crippen molar-refractivity contribution in [2.24, 2.45) is 0 Å². The molecule has 0 aromatic carbocycles. The van der Waals surface area contributed by atoms with Gasteiger partial charge in [0.05, 0.1) is 0 Å². The summed E-state index contributed by atoms with van der Waals surface area (Å²) in [5.74, 6) is -0.638. The highest BCUT2D eigenvalue weighted by molar-refractivity contribution is 7.94. The van der Waals surface area contributed by atoms with E-state index in [0.717, 1.165) is 0 Å². The van der Waals surface area contributed by atoms with E-state index >= 15 is 0 Å². The van der Waals surface area contributed by atoms with Gasteiger partial charge in [-0.05, 0) is 0 Å². The molecule has 0 spiro atoms. The summed E-state index contributed by atoms with van der Waals surface area (Å²) in [7, 11) is 0. The molecule has 4 nitrogen and oxygen atoms in total. The van der Waals surface area contributed by atoms with Crippen LogP contribution in [0.25, 0.3) is 0 Å². The first kappa shape index (κ1) is 10.1. The van der Waals surface area contributed by atoms with Gasteiger partial charge in [-0.2, -0.15) is 0 Å². The largest absolute Gasteiger partial charge is 0.396 e. The Labute approximate surface area is 69.9 Å². The fourth-order valence-electron chi connectivity index (χ4n) is 0.379. The third kappa shape index (κ3) is 3.31. The highest BCUT2D eigenvalue weighted by Crippen LogP contribution is 2.03. The van der Waals surface area contributed by atoms with E-state index in [9.17, 15) is 4.79 Å². The van der Waals surface area contributed by atoms with Crippen molar-refractivity contribution in [3.63, 3.8) is 0 Å². The molecule has 0 heterocycles. The molecular formula is C4H9NO3S2. The van der Waals surface area contributed by atoms with Crippen LogP contribution >= 0.6 is 25.6 Å². The lowest BCUT2D eigenvalue weighted by molar-refractivity contribution is -0.131. The van der Waals surface area contributed by atoms with Gasteiger partial charge in [0, 0.05) is 13.0 Å². The number of nitrogens with zero attached hydrogens (tertiary/aromatic N) is 1. The summed E-state index contributed by atoms with van der Waals surface area (Å²) in [6.45, 7) is -0.234. The van der Waals surface area contributed by atoms with Crippen LogP contribution in [-0.4, -0.2) is 32.5 Å². The molecule has 0 aliphatic heterocycles. The molecule has 0 aromatic rings. The van der Waals surface area contributed by atoms with Gasteiger partial charge in [0.25, 0.3) is 5.91 Å². The zero-order valence-electron chi connectivity index (χ0n) is 5.14. The summed E-state index contributed by atoms with van der Waals surface area (Å²) in [5.41, 5.74) is 0. The minimum Gasteiger partial charge on any atom is -0.396 e. The molecule has 0 radical (unpaired) electrons. The summed E-state index contributed by atoms with van der Waals surface area (Å²) in [4.78, 5) is 10.6. The van der Waals surface area contributed by atoms with Crippen LogP contribution in [-0.2, 0) is 4.79 Å². The number of thiol groups is 2. The summed E-state index contributed by atoms with van der Waals surface area (Å²) >= 11 is 7.06. The van der Waals surface area contributed by atoms with Crippen molar-refractivity contribution in [1.29, 1.82) is 0 Å². The van der Waals surface area contributed by atoms with E-state index in [0.29, 0.717) is 3.71 Å². The molecule has 0 rings (SSSR count). The van der Waals surface area contributed by atoms with Gasteiger partial charge in [-0.1, -0.05) is 25.6 Å². The normalized spacial score (nSPS) is 12.8. The van der Waals surface area contributed by atoms with Gasteiger partial charge in [0.15, 0.2) is 0 Å². The van der Waals surface area contributed by atoms with Crippen LogP contribution in [0.4, 0.5) is 0 Å². The van der Waals surface area contributed by atoms with Crippen molar-refractivity contribution >= 4 is 31.5 Å². The number of amides is 1.